The van der Waals surface area contributed by atoms with Crippen LogP contribution in [0.15, 0.2) is 72.8 Å². The molecule has 0 aliphatic rings. The highest BCUT2D eigenvalue weighted by Crippen LogP contribution is 2.30. The molecule has 38 heavy (non-hydrogen) atoms. The lowest BCUT2D eigenvalue weighted by Gasteiger charge is -2.11. The van der Waals surface area contributed by atoms with E-state index in [1.165, 1.54) is 29.0 Å². The highest BCUT2D eigenvalue weighted by atomic mass is 32.3. The molecule has 0 radical (unpaired) electrons. The molecule has 13 heteroatoms. The standard InChI is InChI=1S/C25H21F6N3O3S/c26-24(27,28)22-14-9-19(21(33-22)13-8-17-4-2-1-3-5-17)10-15-23(35)32-16-18-6-11-20(12-7-18)34-38(36,37)25(29,30)31/h1-7,9-12,14-15H,8,13,16H2,(H2-,32,34,35,36,37)/p+1/b15-10+. The molecular weight excluding hydrogens is 536 g/mol. The molecule has 0 fully saturated rings. The second kappa shape index (κ2) is 11.8. The van der Waals surface area contributed by atoms with Gasteiger partial charge in [0.25, 0.3) is 0 Å². The van der Waals surface area contributed by atoms with Gasteiger partial charge in [0.15, 0.2) is 0 Å². The van der Waals surface area contributed by atoms with Crippen molar-refractivity contribution in [1.29, 1.82) is 0 Å². The van der Waals surface area contributed by atoms with Crippen LogP contribution in [0, 0.1) is 0 Å². The number of carbonyl (C=O) groups is 1. The van der Waals surface area contributed by atoms with Gasteiger partial charge in [0, 0.05) is 18.3 Å². The van der Waals surface area contributed by atoms with Gasteiger partial charge in [0.05, 0.1) is 5.69 Å². The van der Waals surface area contributed by atoms with Gasteiger partial charge in [-0.2, -0.15) is 22.4 Å². The molecule has 3 rings (SSSR count). The van der Waals surface area contributed by atoms with Crippen molar-refractivity contribution in [2.24, 2.45) is 0 Å². The van der Waals surface area contributed by atoms with E-state index in [1.54, 1.807) is 0 Å². The van der Waals surface area contributed by atoms with Crippen LogP contribution in [-0.2, 0) is 45.0 Å². The third-order valence-corrected chi connectivity index (χ3v) is 6.34. The van der Waals surface area contributed by atoms with Crippen LogP contribution in [0.5, 0.6) is 0 Å². The van der Waals surface area contributed by atoms with Crippen LogP contribution in [0.4, 0.5) is 32.0 Å². The summed E-state index contributed by atoms with van der Waals surface area (Å²) in [6, 6.07) is 16.2. The van der Waals surface area contributed by atoms with E-state index >= 15 is 0 Å². The number of nitrogens with one attached hydrogen (secondary N) is 2. The van der Waals surface area contributed by atoms with Crippen molar-refractivity contribution >= 4 is 28.1 Å². The number of benzene rings is 2. The van der Waals surface area contributed by atoms with Gasteiger partial charge in [0.1, 0.15) is 5.69 Å². The van der Waals surface area contributed by atoms with Crippen molar-refractivity contribution in [3.05, 3.63) is 101 Å². The fourth-order valence-corrected chi connectivity index (χ4v) is 3.82. The first kappa shape index (κ1) is 28.9. The Hall–Kier alpha value is -3.71. The van der Waals surface area contributed by atoms with Gasteiger partial charge in [0.2, 0.25) is 5.91 Å². The van der Waals surface area contributed by atoms with Crippen LogP contribution in [0.1, 0.15) is 28.1 Å². The second-order valence-corrected chi connectivity index (χ2v) is 9.76. The number of hydrogen-bond acceptors (Lipinski definition) is 3. The van der Waals surface area contributed by atoms with Crippen LogP contribution >= 0.6 is 0 Å². The predicted octanol–water partition coefficient (Wildman–Crippen LogP) is 6.03. The fourth-order valence-electron chi connectivity index (χ4n) is 3.25. The molecule has 3 aromatic rings. The van der Waals surface area contributed by atoms with Crippen molar-refractivity contribution in [2.45, 2.75) is 31.1 Å². The first-order valence-corrected chi connectivity index (χ1v) is 12.5. The maximum Gasteiger partial charge on any atom is 0.633 e. The third kappa shape index (κ3) is 8.15. The molecule has 1 amide bonds. The third-order valence-electron chi connectivity index (χ3n) is 5.20. The number of amides is 1. The second-order valence-electron chi connectivity index (χ2n) is 8.04. The Morgan fingerprint density at radius 1 is 0.895 bits per heavy atom. The van der Waals surface area contributed by atoms with Crippen molar-refractivity contribution in [2.75, 3.05) is 4.72 Å². The van der Waals surface area contributed by atoms with Gasteiger partial charge < -0.3 is 5.32 Å². The van der Waals surface area contributed by atoms with E-state index in [4.69, 9.17) is 4.55 Å². The number of hydrogen-bond donors (Lipinski definition) is 3. The highest BCUT2D eigenvalue weighted by molar-refractivity contribution is 7.99. The zero-order chi connectivity index (χ0) is 28.0. The van der Waals surface area contributed by atoms with Crippen LogP contribution in [0.25, 0.3) is 6.08 Å². The summed E-state index contributed by atoms with van der Waals surface area (Å²) in [5, 5.41) is 2.54. The Labute approximate surface area is 215 Å². The lowest BCUT2D eigenvalue weighted by atomic mass is 10.0. The molecule has 1 atom stereocenters. The SMILES string of the molecule is O=C(/C=C/c1ccc(C(F)(F)F)nc1CCc1ccccc1)NCc1ccc(N[S+](=O)(O)C(F)(F)F)cc1. The number of anilines is 1. The van der Waals surface area contributed by atoms with E-state index in [1.807, 2.05) is 30.3 Å². The minimum absolute atomic E-state index is 0.0245. The zero-order valence-corrected chi connectivity index (χ0v) is 20.3. The summed E-state index contributed by atoms with van der Waals surface area (Å²) in [4.78, 5) is 16.0. The maximum absolute atomic E-state index is 13.2. The molecule has 3 N–H and O–H groups in total. The summed E-state index contributed by atoms with van der Waals surface area (Å²) in [6.07, 6.45) is -1.47. The number of carbonyl (C=O) groups excluding carboxylic acids is 1. The number of rotatable bonds is 9. The Bertz CT molecular complexity index is 1330. The van der Waals surface area contributed by atoms with Gasteiger partial charge in [-0.15, -0.1) is 13.2 Å². The van der Waals surface area contributed by atoms with Crippen LogP contribution < -0.4 is 10.0 Å². The van der Waals surface area contributed by atoms with Gasteiger partial charge in [-0.25, -0.2) is 4.98 Å². The quantitative estimate of drug-likeness (QED) is 0.170. The number of aromatic nitrogens is 1. The average molecular weight is 559 g/mol. The Morgan fingerprint density at radius 3 is 2.16 bits per heavy atom. The Morgan fingerprint density at radius 2 is 1.55 bits per heavy atom. The summed E-state index contributed by atoms with van der Waals surface area (Å²) in [6.45, 7) is -0.0245. The summed E-state index contributed by atoms with van der Waals surface area (Å²) < 4.78 is 98.9. The summed E-state index contributed by atoms with van der Waals surface area (Å²) in [5.41, 5.74) is -4.72. The molecule has 202 valence electrons. The van der Waals surface area contributed by atoms with Gasteiger partial charge >= 0.3 is 22.1 Å². The number of nitrogens with zero attached hydrogens (tertiary/aromatic N) is 1. The molecule has 0 bridgehead atoms. The molecule has 1 aromatic heterocycles. The summed E-state index contributed by atoms with van der Waals surface area (Å²) in [7, 11) is -5.30. The maximum atomic E-state index is 13.2. The molecule has 1 heterocycles. The summed E-state index contributed by atoms with van der Waals surface area (Å²) >= 11 is 0. The monoisotopic (exact) mass is 558 g/mol. The minimum Gasteiger partial charge on any atom is -0.348 e. The topological polar surface area (TPSA) is 91.3 Å². The van der Waals surface area contributed by atoms with Gasteiger partial charge in [-0.05, 0) is 58.0 Å². The van der Waals surface area contributed by atoms with Crippen LogP contribution in [0.3, 0.4) is 0 Å². The van der Waals surface area contributed by atoms with E-state index in [2.05, 4.69) is 10.3 Å². The molecule has 0 saturated heterocycles. The van der Waals surface area contributed by atoms with Crippen LogP contribution in [0.2, 0.25) is 0 Å². The van der Waals surface area contributed by atoms with Crippen molar-refractivity contribution in [3.63, 3.8) is 0 Å². The molecule has 0 aliphatic heterocycles. The zero-order valence-electron chi connectivity index (χ0n) is 19.5. The molecule has 6 nitrogen and oxygen atoms in total. The molecular formula is C25H22F6N3O3S+. The fraction of sp³-hybridized carbons (Fsp3) is 0.200. The first-order valence-electron chi connectivity index (χ1n) is 11.0. The summed E-state index contributed by atoms with van der Waals surface area (Å²) in [5.74, 6) is -0.573. The first-order chi connectivity index (χ1) is 17.7. The molecule has 1 unspecified atom stereocenters. The van der Waals surface area contributed by atoms with Crippen molar-refractivity contribution in [1.82, 2.24) is 10.3 Å². The lowest BCUT2D eigenvalue weighted by molar-refractivity contribution is -0.141. The Kier molecular flexibility index (Phi) is 8.94. The number of aryl methyl sites for hydroxylation is 2. The molecule has 0 spiro atoms. The van der Waals surface area contributed by atoms with E-state index in [-0.39, 0.29) is 24.3 Å². The van der Waals surface area contributed by atoms with Crippen molar-refractivity contribution < 1.29 is 39.9 Å². The smallest absolute Gasteiger partial charge is 0.348 e. The number of halogens is 6. The molecule has 0 aliphatic carbocycles. The average Bonchev–Trinajstić information content (AvgIpc) is 2.85. The van der Waals surface area contributed by atoms with Gasteiger partial charge in [-0.3, -0.25) is 4.79 Å². The predicted molar refractivity (Wildman–Crippen MR) is 131 cm³/mol. The minimum atomic E-state index is -5.35. The lowest BCUT2D eigenvalue weighted by Crippen LogP contribution is -2.36. The molecule has 0 saturated carbocycles. The number of alkyl halides is 6. The van der Waals surface area contributed by atoms with E-state index < -0.39 is 33.7 Å². The largest absolute Gasteiger partial charge is 0.633 e. The van der Waals surface area contributed by atoms with E-state index in [9.17, 15) is 35.3 Å². The highest BCUT2D eigenvalue weighted by Gasteiger charge is 2.60. The normalized spacial score (nSPS) is 13.8. The molecule has 2 aromatic carbocycles. The Balaban J connectivity index is 1.64. The van der Waals surface area contributed by atoms with E-state index in [0.717, 1.165) is 29.8 Å². The van der Waals surface area contributed by atoms with Crippen LogP contribution in [-0.4, -0.2) is 21.0 Å². The number of pyridine rings is 1. The van der Waals surface area contributed by atoms with E-state index in [0.29, 0.717) is 17.5 Å². The van der Waals surface area contributed by atoms with Crippen molar-refractivity contribution in [3.8, 4) is 0 Å². The van der Waals surface area contributed by atoms with Gasteiger partial charge in [-0.1, -0.05) is 48.5 Å².